The number of aromatic nitrogens is 8. The Hall–Kier alpha value is -5.66. The molecule has 7 rings (SSSR count). The second kappa shape index (κ2) is 20.5. The van der Waals surface area contributed by atoms with Gasteiger partial charge in [-0.25, -0.2) is 39.9 Å². The molecule has 0 bridgehead atoms. The molecule has 0 fully saturated rings. The number of carbonyl (C=O) groups is 2. The maximum atomic E-state index is 14.1. The molecular weight excluding hydrogens is 761 g/mol. The summed E-state index contributed by atoms with van der Waals surface area (Å²) < 4.78 is 24.8. The van der Waals surface area contributed by atoms with Gasteiger partial charge in [0, 0.05) is 24.3 Å². The van der Waals surface area contributed by atoms with Crippen LogP contribution in [0, 0.1) is 0 Å². The number of hydrogen-bond donors (Lipinski definition) is 0. The summed E-state index contributed by atoms with van der Waals surface area (Å²) >= 11 is 0. The molecule has 1 aliphatic carbocycles. The summed E-state index contributed by atoms with van der Waals surface area (Å²) in [5.41, 5.74) is 1.74. The number of benzene rings is 2. The van der Waals surface area contributed by atoms with Crippen LogP contribution in [-0.4, -0.2) is 77.9 Å². The van der Waals surface area contributed by atoms with Crippen molar-refractivity contribution in [2.75, 3.05) is 26.4 Å². The van der Waals surface area contributed by atoms with E-state index in [2.05, 4.69) is 47.6 Å². The highest BCUT2D eigenvalue weighted by Gasteiger charge is 2.37. The number of nitrogens with zero attached hydrogens (tertiary/aromatic N) is 8. The molecule has 0 radical (unpaired) electrons. The smallest absolute Gasteiger partial charge is 0.234 e. The molecule has 14 nitrogen and oxygen atoms in total. The van der Waals surface area contributed by atoms with Gasteiger partial charge in [0.1, 0.15) is 22.8 Å². The van der Waals surface area contributed by atoms with Crippen molar-refractivity contribution in [2.45, 2.75) is 130 Å². The minimum atomic E-state index is -0.613. The number of rotatable bonds is 24. The highest BCUT2D eigenvalue weighted by atomic mass is 16.5. The number of carbonyl (C=O) groups excluding carboxylic acids is 2. The van der Waals surface area contributed by atoms with Gasteiger partial charge in [0.05, 0.1) is 48.5 Å². The molecule has 2 aromatic carbocycles. The zero-order valence-corrected chi connectivity index (χ0v) is 35.5. The lowest BCUT2D eigenvalue weighted by atomic mass is 9.97. The average Bonchev–Trinajstić information content (AvgIpc) is 3.25. The lowest BCUT2D eigenvalue weighted by Crippen LogP contribution is -2.27. The third-order valence-corrected chi connectivity index (χ3v) is 10.6. The predicted octanol–water partition coefficient (Wildman–Crippen LogP) is 10.1. The summed E-state index contributed by atoms with van der Waals surface area (Å²) in [5.74, 6) is 1.06. The molecule has 0 saturated heterocycles. The molecule has 0 unspecified atom stereocenters. The van der Waals surface area contributed by atoms with Crippen LogP contribution in [0.15, 0.2) is 24.3 Å². The molecule has 0 aliphatic heterocycles. The standard InChI is InChI=1S/C46H56N8O6/c1-5-9-13-17-21-57-33-25-29-30(26-34(33)58-22-18-14-10-6-2)48-44-43(47-29)51-37-38(52-44)42(56)40-39(41(37)55)53-45-46(54-40)50-32-28-36(60-24-20-16-12-8-4)35(27-31(32)49-45)59-23-19-15-11-7-3/h25-28H,5-24H2,1-4H3. The molecule has 0 amide bonds. The normalized spacial score (nSPS) is 12.4. The van der Waals surface area contributed by atoms with Gasteiger partial charge in [-0.2, -0.15) is 0 Å². The van der Waals surface area contributed by atoms with Crippen molar-refractivity contribution in [1.82, 2.24) is 39.9 Å². The molecule has 0 N–H and O–H groups in total. The van der Waals surface area contributed by atoms with Gasteiger partial charge in [0.25, 0.3) is 0 Å². The van der Waals surface area contributed by atoms with E-state index in [1.54, 1.807) is 24.3 Å². The first-order chi connectivity index (χ1) is 29.4. The third kappa shape index (κ3) is 9.85. The molecule has 0 saturated carbocycles. The van der Waals surface area contributed by atoms with E-state index < -0.39 is 11.6 Å². The van der Waals surface area contributed by atoms with Gasteiger partial charge in [-0.05, 0) is 25.7 Å². The van der Waals surface area contributed by atoms with E-state index >= 15 is 0 Å². The monoisotopic (exact) mass is 816 g/mol. The Morgan fingerprint density at radius 2 is 0.567 bits per heavy atom. The molecule has 0 spiro atoms. The molecule has 4 aromatic heterocycles. The van der Waals surface area contributed by atoms with Gasteiger partial charge < -0.3 is 18.9 Å². The molecule has 4 heterocycles. The number of ketones is 2. The Labute approximate surface area is 350 Å². The Bertz CT molecular complexity index is 2140. The van der Waals surface area contributed by atoms with E-state index in [4.69, 9.17) is 38.9 Å². The second-order valence-electron chi connectivity index (χ2n) is 15.5. The molecule has 6 aromatic rings. The fourth-order valence-corrected chi connectivity index (χ4v) is 7.18. The Kier molecular flexibility index (Phi) is 14.5. The van der Waals surface area contributed by atoms with Crippen molar-refractivity contribution in [3.05, 3.63) is 47.0 Å². The third-order valence-electron chi connectivity index (χ3n) is 10.6. The van der Waals surface area contributed by atoms with Gasteiger partial charge in [0.2, 0.25) is 11.6 Å². The van der Waals surface area contributed by atoms with Crippen molar-refractivity contribution < 1.29 is 28.5 Å². The number of hydrogen-bond acceptors (Lipinski definition) is 14. The van der Waals surface area contributed by atoms with E-state index in [1.165, 1.54) is 0 Å². The second-order valence-corrected chi connectivity index (χ2v) is 15.5. The van der Waals surface area contributed by atoms with Crippen LogP contribution < -0.4 is 18.9 Å². The van der Waals surface area contributed by atoms with Crippen LogP contribution in [0.5, 0.6) is 23.0 Å². The molecule has 0 atom stereocenters. The molecule has 1 aliphatic rings. The largest absolute Gasteiger partial charge is 0.490 e. The van der Waals surface area contributed by atoms with Crippen molar-refractivity contribution in [1.29, 1.82) is 0 Å². The SMILES string of the molecule is CCCCCCOc1cc2nc3nc4c(nc3nc2cc1OCCCCCC)C(=O)c1nc2nc3cc(OCCCCCC)c(OCCCCCC)cc3nc2nc1C4=O. The Morgan fingerprint density at radius 1 is 0.333 bits per heavy atom. The Balaban J connectivity index is 1.21. The van der Waals surface area contributed by atoms with Crippen LogP contribution in [-0.2, 0) is 0 Å². The lowest BCUT2D eigenvalue weighted by Gasteiger charge is -2.16. The van der Waals surface area contributed by atoms with Crippen LogP contribution in [0.1, 0.15) is 163 Å². The summed E-state index contributed by atoms with van der Waals surface area (Å²) in [6.45, 7) is 10.9. The van der Waals surface area contributed by atoms with Gasteiger partial charge in [-0.3, -0.25) is 9.59 Å². The summed E-state index contributed by atoms with van der Waals surface area (Å²) in [5, 5.41) is 0. The summed E-state index contributed by atoms with van der Waals surface area (Å²) in [6, 6.07) is 7.16. The van der Waals surface area contributed by atoms with Crippen molar-refractivity contribution in [3.8, 4) is 23.0 Å². The minimum absolute atomic E-state index is 0.109. The van der Waals surface area contributed by atoms with Crippen molar-refractivity contribution >= 4 is 56.2 Å². The van der Waals surface area contributed by atoms with Crippen molar-refractivity contribution in [2.24, 2.45) is 0 Å². The number of fused-ring (bicyclic) bond motifs is 6. The van der Waals surface area contributed by atoms with Crippen LogP contribution in [0.25, 0.3) is 44.7 Å². The molecule has 14 heteroatoms. The van der Waals surface area contributed by atoms with Gasteiger partial charge in [-0.15, -0.1) is 0 Å². The summed E-state index contributed by atoms with van der Waals surface area (Å²) in [6.07, 6.45) is 17.1. The minimum Gasteiger partial charge on any atom is -0.490 e. The van der Waals surface area contributed by atoms with E-state index in [0.717, 1.165) is 103 Å². The zero-order valence-electron chi connectivity index (χ0n) is 35.5. The van der Waals surface area contributed by atoms with E-state index in [-0.39, 0.29) is 45.4 Å². The van der Waals surface area contributed by atoms with Crippen LogP contribution in [0.2, 0.25) is 0 Å². The molecular formula is C46H56N8O6. The van der Waals surface area contributed by atoms with Crippen molar-refractivity contribution in [3.63, 3.8) is 0 Å². The highest BCUT2D eigenvalue weighted by molar-refractivity contribution is 6.26. The van der Waals surface area contributed by atoms with E-state index in [9.17, 15) is 9.59 Å². The highest BCUT2D eigenvalue weighted by Crippen LogP contribution is 2.35. The molecule has 316 valence electrons. The maximum Gasteiger partial charge on any atom is 0.234 e. The fraction of sp³-hybridized carbons (Fsp3) is 0.522. The summed E-state index contributed by atoms with van der Waals surface area (Å²) in [7, 11) is 0. The first-order valence-electron chi connectivity index (χ1n) is 22.1. The average molecular weight is 817 g/mol. The fourth-order valence-electron chi connectivity index (χ4n) is 7.18. The summed E-state index contributed by atoms with van der Waals surface area (Å²) in [4.78, 5) is 65.2. The van der Waals surface area contributed by atoms with Crippen LogP contribution in [0.3, 0.4) is 0 Å². The first kappa shape index (κ1) is 42.5. The topological polar surface area (TPSA) is 174 Å². The maximum absolute atomic E-state index is 14.1. The van der Waals surface area contributed by atoms with Gasteiger partial charge >= 0.3 is 0 Å². The number of ether oxygens (including phenoxy) is 4. The predicted molar refractivity (Wildman–Crippen MR) is 231 cm³/mol. The first-order valence-corrected chi connectivity index (χ1v) is 22.1. The Morgan fingerprint density at radius 3 is 0.783 bits per heavy atom. The van der Waals surface area contributed by atoms with Crippen LogP contribution in [0.4, 0.5) is 0 Å². The lowest BCUT2D eigenvalue weighted by molar-refractivity contribution is 0.0965. The molecule has 60 heavy (non-hydrogen) atoms. The number of unbranched alkanes of at least 4 members (excludes halogenated alkanes) is 12. The zero-order chi connectivity index (χ0) is 41.8. The van der Waals surface area contributed by atoms with E-state index in [0.29, 0.717) is 71.5 Å². The van der Waals surface area contributed by atoms with Gasteiger partial charge in [-0.1, -0.05) is 105 Å². The van der Waals surface area contributed by atoms with Crippen LogP contribution >= 0.6 is 0 Å². The quantitative estimate of drug-likeness (QED) is 0.0416. The van der Waals surface area contributed by atoms with Gasteiger partial charge in [0.15, 0.2) is 45.6 Å². The van der Waals surface area contributed by atoms with E-state index in [1.807, 2.05) is 0 Å².